The van der Waals surface area contributed by atoms with Gasteiger partial charge in [0.05, 0.1) is 24.4 Å². The molecule has 0 atom stereocenters. The smallest absolute Gasteiger partial charge is 0.433 e. The van der Waals surface area contributed by atoms with Gasteiger partial charge >= 0.3 is 6.18 Å². The van der Waals surface area contributed by atoms with Gasteiger partial charge in [-0.05, 0) is 88.7 Å². The number of amides is 1. The lowest BCUT2D eigenvalue weighted by Gasteiger charge is -2.33. The molecule has 0 unspecified atom stereocenters. The highest BCUT2D eigenvalue weighted by Gasteiger charge is 2.33. The summed E-state index contributed by atoms with van der Waals surface area (Å²) in [6, 6.07) is 7.02. The Kier molecular flexibility index (Phi) is 8.60. The molecule has 0 radical (unpaired) electrons. The Balaban J connectivity index is 1.22. The van der Waals surface area contributed by atoms with Crippen molar-refractivity contribution in [3.63, 3.8) is 0 Å². The molecule has 1 aromatic carbocycles. The Morgan fingerprint density at radius 2 is 1.80 bits per heavy atom. The minimum absolute atomic E-state index is 0.303. The number of methoxy groups -OCH3 is 1. The van der Waals surface area contributed by atoms with Crippen LogP contribution in [-0.4, -0.2) is 65.9 Å². The maximum Gasteiger partial charge on any atom is 0.433 e. The number of carbonyl (C=O) groups excluding carboxylic acids is 1. The summed E-state index contributed by atoms with van der Waals surface area (Å²) in [6.45, 7) is 4.58. The van der Waals surface area contributed by atoms with Crippen LogP contribution in [0.15, 0.2) is 36.5 Å². The molecule has 2 fully saturated rings. The molecule has 2 aromatic heterocycles. The van der Waals surface area contributed by atoms with Gasteiger partial charge in [0.1, 0.15) is 17.1 Å². The molecule has 216 valence electrons. The second-order valence-electron chi connectivity index (χ2n) is 11.2. The Morgan fingerprint density at radius 1 is 1.10 bits per heavy atom. The third kappa shape index (κ3) is 6.75. The summed E-state index contributed by atoms with van der Waals surface area (Å²) < 4.78 is 46.6. The van der Waals surface area contributed by atoms with Gasteiger partial charge in [-0.25, -0.2) is 4.98 Å². The van der Waals surface area contributed by atoms with Crippen LogP contribution < -0.4 is 15.4 Å². The predicted octanol–water partition coefficient (Wildman–Crippen LogP) is 5.37. The maximum atomic E-state index is 13.0. The molecule has 11 heteroatoms. The monoisotopic (exact) mass is 558 g/mol. The number of alkyl halides is 3. The fraction of sp³-hybridized carbons (Fsp3) is 0.552. The van der Waals surface area contributed by atoms with Gasteiger partial charge in [-0.15, -0.1) is 0 Å². The van der Waals surface area contributed by atoms with Crippen LogP contribution in [0.1, 0.15) is 60.7 Å². The number of aromatic nitrogens is 3. The average Bonchev–Trinajstić information content (AvgIpc) is 3.36. The van der Waals surface area contributed by atoms with E-state index in [1.807, 2.05) is 10.9 Å². The zero-order valence-corrected chi connectivity index (χ0v) is 23.0. The number of pyridine rings is 1. The van der Waals surface area contributed by atoms with Crippen LogP contribution in [-0.2, 0) is 6.18 Å². The SMILES string of the molecule is COc1cc2nn([C@H]3CC[C@H](CN(C)CC4CCNCC4)CC3)cc2cc1NC(=O)c1cccc(C(F)(F)F)n1. The molecule has 1 saturated heterocycles. The van der Waals surface area contributed by atoms with E-state index in [2.05, 4.69) is 27.6 Å². The molecule has 1 aliphatic carbocycles. The fourth-order valence-corrected chi connectivity index (χ4v) is 6.04. The number of nitrogens with one attached hydrogen (secondary N) is 2. The van der Waals surface area contributed by atoms with Crippen molar-refractivity contribution in [2.75, 3.05) is 45.7 Å². The number of halogens is 3. The number of nitrogens with zero attached hydrogens (tertiary/aromatic N) is 4. The number of hydrogen-bond acceptors (Lipinski definition) is 6. The minimum atomic E-state index is -4.64. The Morgan fingerprint density at radius 3 is 2.48 bits per heavy atom. The van der Waals surface area contributed by atoms with Gasteiger partial charge in [0.15, 0.2) is 0 Å². The van der Waals surface area contributed by atoms with Crippen molar-refractivity contribution >= 4 is 22.5 Å². The van der Waals surface area contributed by atoms with Crippen molar-refractivity contribution in [1.29, 1.82) is 0 Å². The van der Waals surface area contributed by atoms with Gasteiger partial charge in [-0.2, -0.15) is 18.3 Å². The first-order valence-corrected chi connectivity index (χ1v) is 14.0. The lowest BCUT2D eigenvalue weighted by molar-refractivity contribution is -0.141. The molecule has 5 rings (SSSR count). The van der Waals surface area contributed by atoms with Crippen LogP contribution in [0, 0.1) is 11.8 Å². The number of carbonyl (C=O) groups is 1. The zero-order valence-electron chi connectivity index (χ0n) is 23.0. The number of fused-ring (bicyclic) bond motifs is 1. The van der Waals surface area contributed by atoms with Crippen molar-refractivity contribution in [3.05, 3.63) is 47.9 Å². The quantitative estimate of drug-likeness (QED) is 0.387. The van der Waals surface area contributed by atoms with E-state index in [9.17, 15) is 18.0 Å². The van der Waals surface area contributed by atoms with Gasteiger partial charge in [-0.1, -0.05) is 6.07 Å². The first-order chi connectivity index (χ1) is 19.2. The van der Waals surface area contributed by atoms with E-state index in [0.29, 0.717) is 23.4 Å². The average molecular weight is 559 g/mol. The normalized spacial score (nSPS) is 20.6. The van der Waals surface area contributed by atoms with Crippen molar-refractivity contribution in [3.8, 4) is 5.75 Å². The standard InChI is InChI=1S/C29H37F3N6O2/c1-37(17-20-10-12-33-13-11-20)16-19-6-8-22(9-7-19)38-18-21-14-25(26(40-2)15-24(21)36-38)35-28(39)23-4-3-5-27(34-23)29(30,31)32/h3-5,14-15,18-20,22,33H,6-13,16-17H2,1-2H3,(H,35,39)/t19-,22-. The van der Waals surface area contributed by atoms with Gasteiger partial charge in [0.25, 0.3) is 5.91 Å². The highest BCUT2D eigenvalue weighted by atomic mass is 19.4. The third-order valence-electron chi connectivity index (χ3n) is 8.15. The summed E-state index contributed by atoms with van der Waals surface area (Å²) >= 11 is 0. The summed E-state index contributed by atoms with van der Waals surface area (Å²) in [7, 11) is 3.72. The van der Waals surface area contributed by atoms with Gasteiger partial charge in [-0.3, -0.25) is 9.48 Å². The number of benzene rings is 1. The molecule has 0 spiro atoms. The zero-order chi connectivity index (χ0) is 28.3. The van der Waals surface area contributed by atoms with E-state index < -0.39 is 17.8 Å². The van der Waals surface area contributed by atoms with Gasteiger partial charge in [0.2, 0.25) is 0 Å². The fourth-order valence-electron chi connectivity index (χ4n) is 6.04. The number of ether oxygens (including phenoxy) is 1. The van der Waals surface area contributed by atoms with Crippen molar-refractivity contribution in [2.45, 2.75) is 50.7 Å². The molecular weight excluding hydrogens is 521 g/mol. The van der Waals surface area contributed by atoms with E-state index in [1.54, 1.807) is 12.1 Å². The van der Waals surface area contributed by atoms with E-state index in [4.69, 9.17) is 9.84 Å². The van der Waals surface area contributed by atoms with E-state index >= 15 is 0 Å². The Hall–Kier alpha value is -3.18. The summed E-state index contributed by atoms with van der Waals surface area (Å²) in [5, 5.41) is 11.7. The lowest BCUT2D eigenvalue weighted by atomic mass is 9.85. The van der Waals surface area contributed by atoms with Crippen molar-refractivity contribution < 1.29 is 22.7 Å². The number of hydrogen-bond donors (Lipinski definition) is 2. The molecular formula is C29H37F3N6O2. The number of piperidine rings is 1. The van der Waals surface area contributed by atoms with Crippen LogP contribution in [0.3, 0.4) is 0 Å². The molecule has 8 nitrogen and oxygen atoms in total. The second-order valence-corrected chi connectivity index (χ2v) is 11.2. The largest absolute Gasteiger partial charge is 0.494 e. The van der Waals surface area contributed by atoms with Crippen molar-refractivity contribution in [1.82, 2.24) is 25.0 Å². The summed E-state index contributed by atoms with van der Waals surface area (Å²) in [6.07, 6.45) is 4.30. The predicted molar refractivity (Wildman–Crippen MR) is 148 cm³/mol. The second kappa shape index (κ2) is 12.1. The molecule has 1 amide bonds. The van der Waals surface area contributed by atoms with Crippen LogP contribution in [0.25, 0.3) is 10.9 Å². The van der Waals surface area contributed by atoms with Crippen LogP contribution in [0.5, 0.6) is 5.75 Å². The van der Waals surface area contributed by atoms with Crippen LogP contribution in [0.2, 0.25) is 0 Å². The Bertz CT molecular complexity index is 1310. The highest BCUT2D eigenvalue weighted by molar-refractivity contribution is 6.05. The van der Waals surface area contributed by atoms with E-state index in [0.717, 1.165) is 74.3 Å². The molecule has 1 aliphatic heterocycles. The molecule has 40 heavy (non-hydrogen) atoms. The van der Waals surface area contributed by atoms with Crippen LogP contribution >= 0.6 is 0 Å². The molecule has 0 bridgehead atoms. The molecule has 2 aliphatic rings. The maximum absolute atomic E-state index is 13.0. The third-order valence-corrected chi connectivity index (χ3v) is 8.15. The molecule has 3 heterocycles. The lowest BCUT2D eigenvalue weighted by Crippen LogP contribution is -2.37. The molecule has 1 saturated carbocycles. The number of rotatable bonds is 8. The van der Waals surface area contributed by atoms with Crippen LogP contribution in [0.4, 0.5) is 18.9 Å². The van der Waals surface area contributed by atoms with E-state index in [-0.39, 0.29) is 5.69 Å². The summed E-state index contributed by atoms with van der Waals surface area (Å²) in [5.41, 5.74) is -0.368. The molecule has 3 aromatic rings. The topological polar surface area (TPSA) is 84.3 Å². The minimum Gasteiger partial charge on any atom is -0.494 e. The summed E-state index contributed by atoms with van der Waals surface area (Å²) in [4.78, 5) is 18.7. The summed E-state index contributed by atoms with van der Waals surface area (Å²) in [5.74, 6) is 1.12. The van der Waals surface area contributed by atoms with Crippen molar-refractivity contribution in [2.24, 2.45) is 11.8 Å². The highest BCUT2D eigenvalue weighted by Crippen LogP contribution is 2.35. The van der Waals surface area contributed by atoms with Gasteiger partial charge < -0.3 is 20.3 Å². The number of anilines is 1. The first kappa shape index (κ1) is 28.4. The van der Waals surface area contributed by atoms with Gasteiger partial charge in [0, 0.05) is 30.7 Å². The van der Waals surface area contributed by atoms with E-state index in [1.165, 1.54) is 32.6 Å². The molecule has 2 N–H and O–H groups in total. The first-order valence-electron chi connectivity index (χ1n) is 14.0. The Labute approximate surface area is 232 Å².